The van der Waals surface area contributed by atoms with Crippen molar-refractivity contribution in [1.82, 2.24) is 15.2 Å². The summed E-state index contributed by atoms with van der Waals surface area (Å²) in [5.74, 6) is 0.238. The Bertz CT molecular complexity index is 855. The monoisotopic (exact) mass is 454 g/mol. The molecule has 1 aliphatic heterocycles. The van der Waals surface area contributed by atoms with Gasteiger partial charge in [0.25, 0.3) is 0 Å². The molecular formula is C26H38N4O3. The van der Waals surface area contributed by atoms with Crippen molar-refractivity contribution < 1.29 is 14.3 Å². The molecule has 2 N–H and O–H groups in total. The lowest BCUT2D eigenvalue weighted by molar-refractivity contribution is -0.126. The van der Waals surface area contributed by atoms with Gasteiger partial charge in [-0.1, -0.05) is 37.5 Å². The second kappa shape index (κ2) is 12.5. The number of ether oxygens (including phenoxy) is 1. The number of carbonyl (C=O) groups is 2. The number of rotatable bonds is 10. The first kappa shape index (κ1) is 25.0. The molecule has 0 saturated carbocycles. The molecule has 7 nitrogen and oxygen atoms in total. The lowest BCUT2D eigenvalue weighted by Gasteiger charge is -2.28. The minimum atomic E-state index is -0.568. The lowest BCUT2D eigenvalue weighted by atomic mass is 9.96. The molecule has 0 aromatic carbocycles. The molecule has 1 atom stereocenters. The largest absolute Gasteiger partial charge is 0.474 e. The topological polar surface area (TPSA) is 83.6 Å². The Morgan fingerprint density at radius 1 is 1.27 bits per heavy atom. The predicted octanol–water partition coefficient (Wildman–Crippen LogP) is 4.22. The summed E-state index contributed by atoms with van der Waals surface area (Å²) in [5, 5.41) is 5.84. The predicted molar refractivity (Wildman–Crippen MR) is 131 cm³/mol. The third-order valence-electron chi connectivity index (χ3n) is 6.36. The minimum absolute atomic E-state index is 0.118. The van der Waals surface area contributed by atoms with Gasteiger partial charge < -0.3 is 20.3 Å². The van der Waals surface area contributed by atoms with Crippen LogP contribution in [-0.2, 0) is 9.59 Å². The number of carbonyl (C=O) groups excluding carboxylic acids is 2. The first-order valence-corrected chi connectivity index (χ1v) is 12.2. The van der Waals surface area contributed by atoms with Crippen LogP contribution in [0.15, 0.2) is 41.6 Å². The maximum absolute atomic E-state index is 12.9. The van der Waals surface area contributed by atoms with Gasteiger partial charge in [0, 0.05) is 19.2 Å². The summed E-state index contributed by atoms with van der Waals surface area (Å²) in [7, 11) is 2.12. The number of aromatic nitrogens is 1. The number of unbranched alkanes of at least 4 members (excludes halogenated alkanes) is 1. The number of nitrogens with zero attached hydrogens (tertiary/aromatic N) is 2. The fraction of sp³-hybridized carbons (Fsp3) is 0.577. The number of likely N-dealkylation sites (tertiary alicyclic amines) is 1. The highest BCUT2D eigenvalue weighted by atomic mass is 16.5. The average molecular weight is 455 g/mol. The molecule has 33 heavy (non-hydrogen) atoms. The van der Waals surface area contributed by atoms with Crippen LogP contribution in [0.3, 0.4) is 0 Å². The fourth-order valence-corrected chi connectivity index (χ4v) is 4.16. The first-order valence-electron chi connectivity index (χ1n) is 12.2. The van der Waals surface area contributed by atoms with Crippen LogP contribution in [0.5, 0.6) is 5.88 Å². The van der Waals surface area contributed by atoms with E-state index in [4.69, 9.17) is 4.74 Å². The number of hydrogen-bond donors (Lipinski definition) is 2. The van der Waals surface area contributed by atoms with E-state index in [0.29, 0.717) is 24.4 Å². The van der Waals surface area contributed by atoms with Crippen molar-refractivity contribution in [3.63, 3.8) is 0 Å². The van der Waals surface area contributed by atoms with E-state index >= 15 is 0 Å². The zero-order valence-corrected chi connectivity index (χ0v) is 20.2. The van der Waals surface area contributed by atoms with E-state index in [1.54, 1.807) is 18.3 Å². The van der Waals surface area contributed by atoms with Crippen LogP contribution in [0.25, 0.3) is 0 Å². The van der Waals surface area contributed by atoms with E-state index in [9.17, 15) is 9.59 Å². The van der Waals surface area contributed by atoms with E-state index in [-0.39, 0.29) is 17.9 Å². The maximum Gasteiger partial charge on any atom is 0.246 e. The number of amides is 2. The molecule has 180 valence electrons. The van der Waals surface area contributed by atoms with Gasteiger partial charge in [-0.05, 0) is 57.7 Å². The molecule has 7 heteroatoms. The molecule has 1 fully saturated rings. The zero-order valence-electron chi connectivity index (χ0n) is 20.2. The molecule has 1 aromatic rings. The van der Waals surface area contributed by atoms with Crippen molar-refractivity contribution in [3.8, 4) is 5.88 Å². The number of nitrogens with one attached hydrogen (secondary N) is 2. The fourth-order valence-electron chi connectivity index (χ4n) is 4.16. The van der Waals surface area contributed by atoms with Crippen LogP contribution < -0.4 is 15.4 Å². The summed E-state index contributed by atoms with van der Waals surface area (Å²) in [6.45, 7) is 6.19. The summed E-state index contributed by atoms with van der Waals surface area (Å²) >= 11 is 0. The third kappa shape index (κ3) is 8.00. The molecule has 0 radical (unpaired) electrons. The lowest BCUT2D eigenvalue weighted by Crippen LogP contribution is -2.43. The Morgan fingerprint density at radius 3 is 2.73 bits per heavy atom. The highest BCUT2D eigenvalue weighted by Gasteiger charge is 2.22. The summed E-state index contributed by atoms with van der Waals surface area (Å²) in [6, 6.07) is 3.02. The molecule has 1 unspecified atom stereocenters. The van der Waals surface area contributed by atoms with Crippen LogP contribution in [0.4, 0.5) is 5.69 Å². The van der Waals surface area contributed by atoms with Gasteiger partial charge in [0.15, 0.2) is 0 Å². The first-order chi connectivity index (χ1) is 15.9. The van der Waals surface area contributed by atoms with Gasteiger partial charge in [0.1, 0.15) is 12.1 Å². The van der Waals surface area contributed by atoms with Crippen molar-refractivity contribution in [2.24, 2.45) is 0 Å². The SMILES string of the molecule is CCCCC(NC(=O)CC1=C(C)CCC=C1)C(=O)Nc1ccc(OC2CCN(C)CC2)nc1. The number of hydrogen-bond acceptors (Lipinski definition) is 5. The maximum atomic E-state index is 12.9. The van der Waals surface area contributed by atoms with E-state index in [2.05, 4.69) is 47.5 Å². The Hall–Kier alpha value is -2.67. The van der Waals surface area contributed by atoms with Crippen LogP contribution >= 0.6 is 0 Å². The normalized spacial score (nSPS) is 18.2. The number of piperidine rings is 1. The second-order valence-electron chi connectivity index (χ2n) is 9.18. The minimum Gasteiger partial charge on any atom is -0.474 e. The molecule has 0 bridgehead atoms. The van der Waals surface area contributed by atoms with E-state index < -0.39 is 6.04 Å². The van der Waals surface area contributed by atoms with Crippen molar-refractivity contribution >= 4 is 17.5 Å². The molecular weight excluding hydrogens is 416 g/mol. The zero-order chi connectivity index (χ0) is 23.6. The van der Waals surface area contributed by atoms with Crippen LogP contribution in [-0.4, -0.2) is 54.0 Å². The average Bonchev–Trinajstić information content (AvgIpc) is 2.81. The van der Waals surface area contributed by atoms with Gasteiger partial charge in [0.2, 0.25) is 17.7 Å². The second-order valence-corrected chi connectivity index (χ2v) is 9.18. The van der Waals surface area contributed by atoms with E-state index in [1.165, 1.54) is 5.57 Å². The standard InChI is InChI=1S/C26H38N4O3/c1-4-5-10-23(29-24(31)17-20-9-7-6-8-19(20)2)26(32)28-21-11-12-25(27-18-21)33-22-13-15-30(3)16-14-22/h7,9,11-12,18,22-23H,4-6,8,10,13-17H2,1-3H3,(H,28,32)(H,29,31). The van der Waals surface area contributed by atoms with Gasteiger partial charge in [0.05, 0.1) is 18.3 Å². The molecule has 2 amide bonds. The van der Waals surface area contributed by atoms with Crippen molar-refractivity contribution in [3.05, 3.63) is 41.6 Å². The molecule has 0 spiro atoms. The third-order valence-corrected chi connectivity index (χ3v) is 6.36. The van der Waals surface area contributed by atoms with Crippen LogP contribution in [0.2, 0.25) is 0 Å². The van der Waals surface area contributed by atoms with Gasteiger partial charge in [-0.25, -0.2) is 4.98 Å². The summed E-state index contributed by atoms with van der Waals surface area (Å²) < 4.78 is 5.98. The summed E-state index contributed by atoms with van der Waals surface area (Å²) in [6.07, 6.45) is 12.6. The van der Waals surface area contributed by atoms with Gasteiger partial charge in [-0.3, -0.25) is 9.59 Å². The smallest absolute Gasteiger partial charge is 0.246 e. The van der Waals surface area contributed by atoms with E-state index in [0.717, 1.165) is 57.2 Å². The molecule has 3 rings (SSSR count). The molecule has 1 saturated heterocycles. The Morgan fingerprint density at radius 2 is 2.06 bits per heavy atom. The van der Waals surface area contributed by atoms with Crippen LogP contribution in [0.1, 0.15) is 65.2 Å². The molecule has 2 aliphatic rings. The molecule has 1 aliphatic carbocycles. The van der Waals surface area contributed by atoms with Gasteiger partial charge in [-0.15, -0.1) is 0 Å². The van der Waals surface area contributed by atoms with Crippen molar-refractivity contribution in [1.29, 1.82) is 0 Å². The van der Waals surface area contributed by atoms with Crippen molar-refractivity contribution in [2.45, 2.75) is 77.4 Å². The summed E-state index contributed by atoms with van der Waals surface area (Å²) in [4.78, 5) is 32.2. The summed E-state index contributed by atoms with van der Waals surface area (Å²) in [5.41, 5.74) is 2.90. The highest BCUT2D eigenvalue weighted by molar-refractivity contribution is 5.97. The Labute approximate surface area is 197 Å². The van der Waals surface area contributed by atoms with E-state index in [1.807, 2.05) is 6.08 Å². The number of anilines is 1. The number of allylic oxidation sites excluding steroid dienone is 3. The van der Waals surface area contributed by atoms with Gasteiger partial charge in [-0.2, -0.15) is 0 Å². The molecule has 2 heterocycles. The number of pyridine rings is 1. The quantitative estimate of drug-likeness (QED) is 0.553. The molecule has 1 aromatic heterocycles. The highest BCUT2D eigenvalue weighted by Crippen LogP contribution is 2.21. The van der Waals surface area contributed by atoms with Crippen molar-refractivity contribution in [2.75, 3.05) is 25.5 Å². The van der Waals surface area contributed by atoms with Crippen LogP contribution in [0, 0.1) is 0 Å². The Balaban J connectivity index is 1.54. The van der Waals surface area contributed by atoms with Gasteiger partial charge >= 0.3 is 0 Å². The Kier molecular flexibility index (Phi) is 9.48.